The van der Waals surface area contributed by atoms with Crippen LogP contribution in [-0.4, -0.2) is 27.1 Å². The lowest BCUT2D eigenvalue weighted by atomic mass is 10.2. The second-order valence-corrected chi connectivity index (χ2v) is 9.79. The van der Waals surface area contributed by atoms with Crippen LogP contribution in [-0.2, 0) is 14.8 Å². The van der Waals surface area contributed by atoms with Crippen molar-refractivity contribution in [3.63, 3.8) is 0 Å². The molecule has 0 heterocycles. The van der Waals surface area contributed by atoms with Gasteiger partial charge in [-0.15, -0.1) is 0 Å². The second kappa shape index (κ2) is 9.89. The van der Waals surface area contributed by atoms with Gasteiger partial charge in [-0.1, -0.05) is 69.5 Å². The fraction of sp³-hybridized carbons (Fsp3) is 0.130. The number of anilines is 1. The van der Waals surface area contributed by atoms with E-state index in [-0.39, 0.29) is 4.90 Å². The van der Waals surface area contributed by atoms with Gasteiger partial charge >= 0.3 is 0 Å². The summed E-state index contributed by atoms with van der Waals surface area (Å²) < 4.78 is 28.4. The van der Waals surface area contributed by atoms with Crippen LogP contribution in [0.4, 0.5) is 5.69 Å². The summed E-state index contributed by atoms with van der Waals surface area (Å²) in [5.41, 5.74) is 5.62. The van der Waals surface area contributed by atoms with Gasteiger partial charge in [-0.3, -0.25) is 9.10 Å². The Morgan fingerprint density at radius 2 is 1.71 bits per heavy atom. The third-order valence-electron chi connectivity index (χ3n) is 4.44. The number of sulfonamides is 1. The second-order valence-electron chi connectivity index (χ2n) is 7.01. The molecule has 0 spiro atoms. The average molecular weight is 500 g/mol. The Morgan fingerprint density at radius 3 is 2.39 bits per heavy atom. The highest BCUT2D eigenvalue weighted by Crippen LogP contribution is 2.26. The van der Waals surface area contributed by atoms with E-state index in [1.54, 1.807) is 36.4 Å². The van der Waals surface area contributed by atoms with Crippen LogP contribution >= 0.6 is 15.9 Å². The van der Waals surface area contributed by atoms with Crippen molar-refractivity contribution < 1.29 is 13.2 Å². The molecule has 0 aliphatic carbocycles. The minimum atomic E-state index is -3.97. The fourth-order valence-corrected chi connectivity index (χ4v) is 4.68. The molecule has 3 rings (SSSR count). The number of hydrogen-bond acceptors (Lipinski definition) is 4. The molecule has 160 valence electrons. The quantitative estimate of drug-likeness (QED) is 0.386. The van der Waals surface area contributed by atoms with E-state index in [0.717, 1.165) is 21.0 Å². The van der Waals surface area contributed by atoms with Crippen LogP contribution in [0.15, 0.2) is 87.3 Å². The first-order valence-corrected chi connectivity index (χ1v) is 11.7. The Bertz CT molecular complexity index is 1210. The third kappa shape index (κ3) is 6.02. The lowest BCUT2D eigenvalue weighted by Gasteiger charge is -2.24. The number of halogens is 1. The summed E-state index contributed by atoms with van der Waals surface area (Å²) in [5.74, 6) is -0.556. The number of hydrazone groups is 1. The van der Waals surface area contributed by atoms with Crippen LogP contribution in [0.2, 0.25) is 0 Å². The summed E-state index contributed by atoms with van der Waals surface area (Å²) in [6, 6.07) is 20.9. The number of amides is 1. The molecular weight excluding hydrogens is 478 g/mol. The maximum absolute atomic E-state index is 13.3. The fourth-order valence-electron chi connectivity index (χ4n) is 2.88. The summed E-state index contributed by atoms with van der Waals surface area (Å²) in [4.78, 5) is 12.7. The molecule has 1 N–H and O–H groups in total. The van der Waals surface area contributed by atoms with Crippen LogP contribution in [0.25, 0.3) is 0 Å². The molecule has 8 heteroatoms. The van der Waals surface area contributed by atoms with E-state index in [0.29, 0.717) is 10.2 Å². The van der Waals surface area contributed by atoms with Crippen molar-refractivity contribution in [2.45, 2.75) is 18.7 Å². The number of rotatable bonds is 7. The number of hydrogen-bond donors (Lipinski definition) is 1. The maximum atomic E-state index is 13.3. The van der Waals surface area contributed by atoms with Crippen molar-refractivity contribution in [3.05, 3.63) is 94.0 Å². The molecule has 0 bridgehead atoms. The lowest BCUT2D eigenvalue weighted by Crippen LogP contribution is -2.39. The summed E-state index contributed by atoms with van der Waals surface area (Å²) in [6.45, 7) is 3.42. The lowest BCUT2D eigenvalue weighted by molar-refractivity contribution is -0.119. The van der Waals surface area contributed by atoms with E-state index in [4.69, 9.17) is 0 Å². The number of carbonyl (C=O) groups excluding carboxylic acids is 1. The predicted molar refractivity (Wildman–Crippen MR) is 127 cm³/mol. The smallest absolute Gasteiger partial charge is 0.264 e. The highest BCUT2D eigenvalue weighted by molar-refractivity contribution is 9.10. The van der Waals surface area contributed by atoms with Crippen molar-refractivity contribution in [2.75, 3.05) is 10.8 Å². The van der Waals surface area contributed by atoms with Crippen LogP contribution in [0.1, 0.15) is 16.7 Å². The molecule has 0 aromatic heterocycles. The van der Waals surface area contributed by atoms with E-state index >= 15 is 0 Å². The summed E-state index contributed by atoms with van der Waals surface area (Å²) in [7, 11) is -3.97. The van der Waals surface area contributed by atoms with Gasteiger partial charge in [0.15, 0.2) is 0 Å². The molecule has 31 heavy (non-hydrogen) atoms. The van der Waals surface area contributed by atoms with Gasteiger partial charge in [-0.25, -0.2) is 13.8 Å². The number of carbonyl (C=O) groups is 1. The number of benzene rings is 3. The molecule has 6 nitrogen and oxygen atoms in total. The molecule has 0 saturated heterocycles. The number of nitrogens with zero attached hydrogens (tertiary/aromatic N) is 2. The zero-order valence-corrected chi connectivity index (χ0v) is 19.5. The molecule has 3 aromatic rings. The molecule has 0 radical (unpaired) electrons. The van der Waals surface area contributed by atoms with Gasteiger partial charge in [0.05, 0.1) is 16.8 Å². The highest BCUT2D eigenvalue weighted by atomic mass is 79.9. The highest BCUT2D eigenvalue weighted by Gasteiger charge is 2.27. The normalized spacial score (nSPS) is 11.5. The minimum absolute atomic E-state index is 0.106. The van der Waals surface area contributed by atoms with E-state index in [9.17, 15) is 13.2 Å². The van der Waals surface area contributed by atoms with E-state index in [1.807, 2.05) is 38.1 Å². The zero-order chi connectivity index (χ0) is 22.4. The standard InChI is InChI=1S/C23H22BrN3O3S/c1-17-9-11-22(12-10-17)31(29,30)27(21-8-4-7-20(24)14-21)16-23(28)26-25-15-19-6-3-5-18(2)13-19/h3-15H,16H2,1-2H3,(H,26,28)/b25-15-. The Labute approximate surface area is 190 Å². The van der Waals surface area contributed by atoms with Crippen molar-refractivity contribution in [2.24, 2.45) is 5.10 Å². The average Bonchev–Trinajstić information content (AvgIpc) is 2.72. The Hall–Kier alpha value is -2.97. The zero-order valence-electron chi connectivity index (χ0n) is 17.1. The van der Waals surface area contributed by atoms with Crippen LogP contribution < -0.4 is 9.73 Å². The Balaban J connectivity index is 1.84. The third-order valence-corrected chi connectivity index (χ3v) is 6.72. The van der Waals surface area contributed by atoms with Crippen molar-refractivity contribution in [1.82, 2.24) is 5.43 Å². The van der Waals surface area contributed by atoms with Gasteiger partial charge in [0.2, 0.25) is 0 Å². The minimum Gasteiger partial charge on any atom is -0.271 e. The van der Waals surface area contributed by atoms with Gasteiger partial charge < -0.3 is 0 Å². The van der Waals surface area contributed by atoms with E-state index in [2.05, 4.69) is 26.5 Å². The van der Waals surface area contributed by atoms with Gasteiger partial charge in [0.1, 0.15) is 6.54 Å². The van der Waals surface area contributed by atoms with E-state index < -0.39 is 22.5 Å². The van der Waals surface area contributed by atoms with Crippen LogP contribution in [0.5, 0.6) is 0 Å². The van der Waals surface area contributed by atoms with Crippen LogP contribution in [0.3, 0.4) is 0 Å². The van der Waals surface area contributed by atoms with Gasteiger partial charge in [-0.2, -0.15) is 5.10 Å². The molecule has 1 amide bonds. The molecule has 0 aliphatic heterocycles. The topological polar surface area (TPSA) is 78.8 Å². The van der Waals surface area contributed by atoms with Gasteiger partial charge in [0.25, 0.3) is 15.9 Å². The van der Waals surface area contributed by atoms with Crippen molar-refractivity contribution in [3.8, 4) is 0 Å². The summed E-state index contributed by atoms with van der Waals surface area (Å²) in [6.07, 6.45) is 1.52. The summed E-state index contributed by atoms with van der Waals surface area (Å²) >= 11 is 3.36. The van der Waals surface area contributed by atoms with E-state index in [1.165, 1.54) is 18.3 Å². The first-order valence-electron chi connectivity index (χ1n) is 9.49. The molecular formula is C23H22BrN3O3S. The number of aryl methyl sites for hydroxylation is 2. The molecule has 3 aromatic carbocycles. The summed E-state index contributed by atoms with van der Waals surface area (Å²) in [5, 5.41) is 3.96. The predicted octanol–water partition coefficient (Wildman–Crippen LogP) is 4.41. The van der Waals surface area contributed by atoms with Gasteiger partial charge in [0, 0.05) is 4.47 Å². The van der Waals surface area contributed by atoms with Crippen molar-refractivity contribution >= 4 is 43.8 Å². The molecule has 0 atom stereocenters. The first kappa shape index (κ1) is 22.7. The molecule has 0 saturated carbocycles. The van der Waals surface area contributed by atoms with Crippen molar-refractivity contribution in [1.29, 1.82) is 0 Å². The molecule has 0 unspecified atom stereocenters. The van der Waals surface area contributed by atoms with Crippen LogP contribution in [0, 0.1) is 13.8 Å². The number of nitrogens with one attached hydrogen (secondary N) is 1. The largest absolute Gasteiger partial charge is 0.271 e. The Morgan fingerprint density at radius 1 is 1.00 bits per heavy atom. The first-order chi connectivity index (χ1) is 14.8. The monoisotopic (exact) mass is 499 g/mol. The molecule has 0 aliphatic rings. The van der Waals surface area contributed by atoms with Gasteiger partial charge in [-0.05, 0) is 49.7 Å². The Kier molecular flexibility index (Phi) is 7.25. The maximum Gasteiger partial charge on any atom is 0.264 e. The molecule has 0 fully saturated rings. The SMILES string of the molecule is Cc1ccc(S(=O)(=O)N(CC(=O)N/N=C\c2cccc(C)c2)c2cccc(Br)c2)cc1.